The molecule has 0 spiro atoms. The molecular weight excluding hydrogens is 164 g/mol. The van der Waals surface area contributed by atoms with Crippen LogP contribution in [0, 0.1) is 12.3 Å². The Hall–Kier alpha value is -1.01. The van der Waals surface area contributed by atoms with Crippen LogP contribution in [0.25, 0.3) is 0 Å². The first kappa shape index (κ1) is 10.1. The summed E-state index contributed by atoms with van der Waals surface area (Å²) in [6.07, 6.45) is 8.76. The first-order valence-electron chi connectivity index (χ1n) is 4.79. The summed E-state index contributed by atoms with van der Waals surface area (Å²) in [7, 11) is 0. The van der Waals surface area contributed by atoms with Crippen LogP contribution in [0.1, 0.15) is 25.7 Å². The Labute approximate surface area is 79.3 Å². The molecule has 13 heavy (non-hydrogen) atoms. The van der Waals surface area contributed by atoms with Crippen molar-refractivity contribution in [1.82, 2.24) is 10.6 Å². The number of rotatable bonds is 4. The van der Waals surface area contributed by atoms with Crippen molar-refractivity contribution in [1.29, 1.82) is 0 Å². The fourth-order valence-corrected chi connectivity index (χ4v) is 1.43. The van der Waals surface area contributed by atoms with Gasteiger partial charge in [-0.25, -0.2) is 0 Å². The zero-order valence-electron chi connectivity index (χ0n) is 7.81. The lowest BCUT2D eigenvalue weighted by Crippen LogP contribution is -2.40. The van der Waals surface area contributed by atoms with Gasteiger partial charge in [0.05, 0.1) is 6.04 Å². The fraction of sp³-hybridized carbons (Fsp3) is 0.700. The summed E-state index contributed by atoms with van der Waals surface area (Å²) in [5.74, 6) is 2.66. The van der Waals surface area contributed by atoms with Crippen molar-refractivity contribution in [2.24, 2.45) is 0 Å². The smallest absolute Gasteiger partial charge is 0.237 e. The lowest BCUT2D eigenvalue weighted by atomic mass is 10.2. The van der Waals surface area contributed by atoms with Crippen molar-refractivity contribution < 1.29 is 4.79 Å². The Morgan fingerprint density at radius 2 is 2.54 bits per heavy atom. The van der Waals surface area contributed by atoms with Gasteiger partial charge in [-0.2, -0.15) is 0 Å². The molecule has 1 rings (SSSR count). The highest BCUT2D eigenvalue weighted by atomic mass is 16.2. The highest BCUT2D eigenvalue weighted by Crippen LogP contribution is 2.04. The molecular formula is C10H16N2O. The predicted octanol–water partition coefficient (Wildman–Crippen LogP) is 0.268. The molecule has 0 bridgehead atoms. The molecule has 0 saturated carbocycles. The van der Waals surface area contributed by atoms with Gasteiger partial charge in [-0.3, -0.25) is 4.79 Å². The number of unbranched alkanes of at least 4 members (excludes halogenated alkanes) is 1. The van der Waals surface area contributed by atoms with Gasteiger partial charge in [0.2, 0.25) is 5.91 Å². The number of carbonyl (C=O) groups is 1. The van der Waals surface area contributed by atoms with Crippen molar-refractivity contribution >= 4 is 5.91 Å². The number of hydrogen-bond acceptors (Lipinski definition) is 2. The minimum absolute atomic E-state index is 0.0332. The molecule has 1 heterocycles. The summed E-state index contributed by atoms with van der Waals surface area (Å²) >= 11 is 0. The van der Waals surface area contributed by atoms with Crippen LogP contribution in [0.15, 0.2) is 0 Å². The minimum Gasteiger partial charge on any atom is -0.355 e. The molecule has 3 heteroatoms. The molecule has 0 aromatic rings. The molecule has 0 aromatic heterocycles. The van der Waals surface area contributed by atoms with E-state index in [1.54, 1.807) is 0 Å². The van der Waals surface area contributed by atoms with Crippen molar-refractivity contribution in [3.8, 4) is 12.3 Å². The second kappa shape index (κ2) is 5.60. The molecule has 1 amide bonds. The number of terminal acetylenes is 1. The standard InChI is InChI=1S/C10H16N2O/c1-2-3-4-7-12-10(13)9-6-5-8-11-9/h1,9,11H,3-8H2,(H,12,13)/t9-/m0/s1. The molecule has 1 fully saturated rings. The topological polar surface area (TPSA) is 41.1 Å². The van der Waals surface area contributed by atoms with Gasteiger partial charge < -0.3 is 10.6 Å². The van der Waals surface area contributed by atoms with E-state index >= 15 is 0 Å². The quantitative estimate of drug-likeness (QED) is 0.481. The third-order valence-corrected chi connectivity index (χ3v) is 2.17. The van der Waals surface area contributed by atoms with Crippen molar-refractivity contribution in [3.05, 3.63) is 0 Å². The molecule has 72 valence electrons. The van der Waals surface area contributed by atoms with E-state index in [0.29, 0.717) is 6.54 Å². The first-order chi connectivity index (χ1) is 6.34. The highest BCUT2D eigenvalue weighted by Gasteiger charge is 2.20. The maximum absolute atomic E-state index is 11.4. The Kier molecular flexibility index (Phi) is 4.34. The second-order valence-electron chi connectivity index (χ2n) is 3.25. The summed E-state index contributed by atoms with van der Waals surface area (Å²) < 4.78 is 0. The van der Waals surface area contributed by atoms with Gasteiger partial charge in [-0.05, 0) is 25.8 Å². The summed E-state index contributed by atoms with van der Waals surface area (Å²) in [6, 6.07) is 0.0332. The van der Waals surface area contributed by atoms with Crippen LogP contribution in [-0.4, -0.2) is 25.0 Å². The first-order valence-corrected chi connectivity index (χ1v) is 4.79. The Morgan fingerprint density at radius 1 is 1.69 bits per heavy atom. The summed E-state index contributed by atoms with van der Waals surface area (Å²) in [4.78, 5) is 11.4. The van der Waals surface area contributed by atoms with Crippen molar-refractivity contribution in [2.45, 2.75) is 31.7 Å². The van der Waals surface area contributed by atoms with E-state index in [4.69, 9.17) is 6.42 Å². The largest absolute Gasteiger partial charge is 0.355 e. The lowest BCUT2D eigenvalue weighted by molar-refractivity contribution is -0.122. The maximum Gasteiger partial charge on any atom is 0.237 e. The van der Waals surface area contributed by atoms with Gasteiger partial charge in [0.1, 0.15) is 0 Å². The van der Waals surface area contributed by atoms with Crippen LogP contribution < -0.4 is 10.6 Å². The Morgan fingerprint density at radius 3 is 3.15 bits per heavy atom. The molecule has 2 N–H and O–H groups in total. The molecule has 3 nitrogen and oxygen atoms in total. The summed E-state index contributed by atoms with van der Waals surface area (Å²) in [5.41, 5.74) is 0. The van der Waals surface area contributed by atoms with Crippen molar-refractivity contribution in [3.63, 3.8) is 0 Å². The van der Waals surface area contributed by atoms with Crippen LogP contribution in [0.5, 0.6) is 0 Å². The van der Waals surface area contributed by atoms with Gasteiger partial charge >= 0.3 is 0 Å². The average molecular weight is 180 g/mol. The molecule has 0 aromatic carbocycles. The monoisotopic (exact) mass is 180 g/mol. The summed E-state index contributed by atoms with van der Waals surface area (Å²) in [5, 5.41) is 6.01. The normalized spacial score (nSPS) is 21.0. The summed E-state index contributed by atoms with van der Waals surface area (Å²) in [6.45, 7) is 1.66. The Balaban J connectivity index is 2.07. The minimum atomic E-state index is 0.0332. The zero-order valence-corrected chi connectivity index (χ0v) is 7.81. The average Bonchev–Trinajstić information content (AvgIpc) is 2.65. The molecule has 1 aliphatic heterocycles. The van der Waals surface area contributed by atoms with E-state index in [9.17, 15) is 4.79 Å². The van der Waals surface area contributed by atoms with Gasteiger partial charge in [0.15, 0.2) is 0 Å². The SMILES string of the molecule is C#CCCCNC(=O)[C@@H]1CCCN1. The van der Waals surface area contributed by atoms with Crippen LogP contribution >= 0.6 is 0 Å². The number of hydrogen-bond donors (Lipinski definition) is 2. The zero-order chi connectivity index (χ0) is 9.52. The number of nitrogens with one attached hydrogen (secondary N) is 2. The fourth-order valence-electron chi connectivity index (χ4n) is 1.43. The third-order valence-electron chi connectivity index (χ3n) is 2.17. The van der Waals surface area contributed by atoms with Crippen molar-refractivity contribution in [2.75, 3.05) is 13.1 Å². The van der Waals surface area contributed by atoms with E-state index in [2.05, 4.69) is 16.6 Å². The molecule has 1 saturated heterocycles. The maximum atomic E-state index is 11.4. The lowest BCUT2D eigenvalue weighted by Gasteiger charge is -2.09. The molecule has 0 radical (unpaired) electrons. The van der Waals surface area contributed by atoms with E-state index in [1.807, 2.05) is 0 Å². The highest BCUT2D eigenvalue weighted by molar-refractivity contribution is 5.81. The van der Waals surface area contributed by atoms with E-state index in [0.717, 1.165) is 32.2 Å². The molecule has 1 atom stereocenters. The predicted molar refractivity (Wildman–Crippen MR) is 52.1 cm³/mol. The van der Waals surface area contributed by atoms with Gasteiger partial charge in [-0.15, -0.1) is 12.3 Å². The van der Waals surface area contributed by atoms with Crippen LogP contribution in [-0.2, 0) is 4.79 Å². The Bertz CT molecular complexity index is 201. The molecule has 0 unspecified atom stereocenters. The van der Waals surface area contributed by atoms with Gasteiger partial charge in [0.25, 0.3) is 0 Å². The number of carbonyl (C=O) groups excluding carboxylic acids is 1. The molecule has 1 aliphatic rings. The van der Waals surface area contributed by atoms with Crippen LogP contribution in [0.3, 0.4) is 0 Å². The van der Waals surface area contributed by atoms with E-state index in [1.165, 1.54) is 0 Å². The third kappa shape index (κ3) is 3.47. The van der Waals surface area contributed by atoms with E-state index < -0.39 is 0 Å². The number of amides is 1. The van der Waals surface area contributed by atoms with Gasteiger partial charge in [0, 0.05) is 13.0 Å². The van der Waals surface area contributed by atoms with E-state index in [-0.39, 0.29) is 11.9 Å². The second-order valence-corrected chi connectivity index (χ2v) is 3.25. The van der Waals surface area contributed by atoms with Crippen LogP contribution in [0.2, 0.25) is 0 Å². The van der Waals surface area contributed by atoms with Crippen LogP contribution in [0.4, 0.5) is 0 Å². The van der Waals surface area contributed by atoms with Gasteiger partial charge in [-0.1, -0.05) is 0 Å². The molecule has 0 aliphatic carbocycles.